The van der Waals surface area contributed by atoms with Gasteiger partial charge in [-0.15, -0.1) is 0 Å². The van der Waals surface area contributed by atoms with E-state index in [2.05, 4.69) is 5.32 Å². The van der Waals surface area contributed by atoms with Gasteiger partial charge in [0, 0.05) is 19.2 Å². The van der Waals surface area contributed by atoms with Crippen LogP contribution in [0.25, 0.3) is 0 Å². The molecule has 1 aromatic carbocycles. The number of amides is 1. The molecule has 0 spiro atoms. The fourth-order valence-electron chi connectivity index (χ4n) is 2.36. The van der Waals surface area contributed by atoms with Crippen LogP contribution in [0.15, 0.2) is 24.3 Å². The van der Waals surface area contributed by atoms with Crippen LogP contribution in [0.4, 0.5) is 0 Å². The number of ether oxygens (including phenoxy) is 2. The van der Waals surface area contributed by atoms with E-state index in [0.717, 1.165) is 5.56 Å². The molecule has 21 heavy (non-hydrogen) atoms. The first kappa shape index (κ1) is 15.5. The summed E-state index contributed by atoms with van der Waals surface area (Å²) in [5, 5.41) is 11.6. The number of aliphatic carboxylic acids is 1. The van der Waals surface area contributed by atoms with Gasteiger partial charge in [-0.05, 0) is 24.5 Å². The van der Waals surface area contributed by atoms with Crippen LogP contribution in [0, 0.1) is 0 Å². The number of rotatable bonds is 6. The van der Waals surface area contributed by atoms with Crippen molar-refractivity contribution in [2.75, 3.05) is 13.7 Å². The van der Waals surface area contributed by atoms with Crippen molar-refractivity contribution < 1.29 is 24.2 Å². The maximum Gasteiger partial charge on any atom is 0.332 e. The maximum atomic E-state index is 12.2. The number of nitrogens with one attached hydrogen (secondary N) is 1. The number of methoxy groups -OCH3 is 1. The molecule has 0 saturated carbocycles. The summed E-state index contributed by atoms with van der Waals surface area (Å²) in [6, 6.07) is 7.22. The number of carboxylic acid groups (broad SMARTS) is 1. The van der Waals surface area contributed by atoms with Gasteiger partial charge in [-0.25, -0.2) is 4.79 Å². The summed E-state index contributed by atoms with van der Waals surface area (Å²) in [7, 11) is 1.58. The summed E-state index contributed by atoms with van der Waals surface area (Å²) in [5.41, 5.74) is 1.38. The molecule has 2 atom stereocenters. The minimum absolute atomic E-state index is 0.204. The fourth-order valence-corrected chi connectivity index (χ4v) is 2.36. The average molecular weight is 293 g/mol. The molecule has 0 aromatic heterocycles. The van der Waals surface area contributed by atoms with Crippen LogP contribution in [-0.4, -0.2) is 42.8 Å². The highest BCUT2D eigenvalue weighted by molar-refractivity contribution is 5.95. The van der Waals surface area contributed by atoms with Crippen LogP contribution >= 0.6 is 0 Å². The molecule has 1 heterocycles. The number of hydrogen-bond donors (Lipinski definition) is 2. The van der Waals surface area contributed by atoms with Crippen molar-refractivity contribution >= 4 is 11.9 Å². The molecule has 6 heteroatoms. The lowest BCUT2D eigenvalue weighted by molar-refractivity contribution is -0.149. The lowest BCUT2D eigenvalue weighted by Crippen LogP contribution is -2.33. The van der Waals surface area contributed by atoms with Gasteiger partial charge in [-0.1, -0.05) is 18.2 Å². The Morgan fingerprint density at radius 3 is 2.81 bits per heavy atom. The third-order valence-corrected chi connectivity index (χ3v) is 3.44. The smallest absolute Gasteiger partial charge is 0.332 e. The van der Waals surface area contributed by atoms with Gasteiger partial charge in [0.1, 0.15) is 0 Å². The van der Waals surface area contributed by atoms with Gasteiger partial charge >= 0.3 is 5.97 Å². The minimum atomic E-state index is -0.950. The first-order valence-corrected chi connectivity index (χ1v) is 6.85. The van der Waals surface area contributed by atoms with Crippen LogP contribution in [-0.2, 0) is 20.9 Å². The summed E-state index contributed by atoms with van der Waals surface area (Å²) in [5.74, 6) is -1.15. The Hall–Kier alpha value is -1.92. The van der Waals surface area contributed by atoms with E-state index in [4.69, 9.17) is 14.6 Å². The van der Waals surface area contributed by atoms with Crippen molar-refractivity contribution in [3.05, 3.63) is 35.4 Å². The zero-order chi connectivity index (χ0) is 15.2. The van der Waals surface area contributed by atoms with Crippen molar-refractivity contribution in [1.29, 1.82) is 0 Å². The zero-order valence-corrected chi connectivity index (χ0v) is 11.9. The Labute approximate surface area is 123 Å². The standard InChI is InChI=1S/C15H19NO5/c1-20-9-10-4-2-3-5-12(10)14(17)16-8-11-6-7-13(21-11)15(18)19/h2-5,11,13H,6-9H2,1H3,(H,16,17)(H,18,19). The third kappa shape index (κ3) is 4.03. The Kier molecular flexibility index (Phi) is 5.30. The lowest BCUT2D eigenvalue weighted by atomic mass is 10.1. The molecule has 2 unspecified atom stereocenters. The van der Waals surface area contributed by atoms with Crippen molar-refractivity contribution in [3.63, 3.8) is 0 Å². The Morgan fingerprint density at radius 2 is 2.14 bits per heavy atom. The predicted molar refractivity (Wildman–Crippen MR) is 75.0 cm³/mol. The molecule has 1 fully saturated rings. The van der Waals surface area contributed by atoms with E-state index in [1.165, 1.54) is 0 Å². The normalized spacial score (nSPS) is 21.2. The molecular weight excluding hydrogens is 274 g/mol. The van der Waals surface area contributed by atoms with E-state index >= 15 is 0 Å². The van der Waals surface area contributed by atoms with Crippen LogP contribution in [0.5, 0.6) is 0 Å². The molecule has 114 valence electrons. The fraction of sp³-hybridized carbons (Fsp3) is 0.467. The molecule has 0 aliphatic carbocycles. The summed E-state index contributed by atoms with van der Waals surface area (Å²) >= 11 is 0. The Bertz CT molecular complexity index is 517. The topological polar surface area (TPSA) is 84.9 Å². The largest absolute Gasteiger partial charge is 0.479 e. The van der Waals surface area contributed by atoms with Gasteiger partial charge in [0.25, 0.3) is 5.91 Å². The van der Waals surface area contributed by atoms with E-state index < -0.39 is 12.1 Å². The molecule has 0 bridgehead atoms. The van der Waals surface area contributed by atoms with Gasteiger partial charge in [0.05, 0.1) is 12.7 Å². The van der Waals surface area contributed by atoms with Gasteiger partial charge in [0.15, 0.2) is 6.10 Å². The highest BCUT2D eigenvalue weighted by Gasteiger charge is 2.30. The van der Waals surface area contributed by atoms with E-state index in [1.807, 2.05) is 12.1 Å². The number of carbonyl (C=O) groups excluding carboxylic acids is 1. The molecule has 1 aromatic rings. The number of hydrogen-bond acceptors (Lipinski definition) is 4. The van der Waals surface area contributed by atoms with Crippen LogP contribution in [0.3, 0.4) is 0 Å². The van der Waals surface area contributed by atoms with Crippen LogP contribution in [0.2, 0.25) is 0 Å². The Morgan fingerprint density at radius 1 is 1.38 bits per heavy atom. The zero-order valence-electron chi connectivity index (χ0n) is 11.9. The SMILES string of the molecule is COCc1ccccc1C(=O)NCC1CCC(C(=O)O)O1. The second-order valence-corrected chi connectivity index (χ2v) is 4.96. The molecule has 2 N–H and O–H groups in total. The van der Waals surface area contributed by atoms with Crippen molar-refractivity contribution in [2.24, 2.45) is 0 Å². The van der Waals surface area contributed by atoms with Gasteiger partial charge in [-0.3, -0.25) is 4.79 Å². The number of benzene rings is 1. The molecule has 2 rings (SSSR count). The molecule has 6 nitrogen and oxygen atoms in total. The van der Waals surface area contributed by atoms with Gasteiger partial charge < -0.3 is 19.9 Å². The second-order valence-electron chi connectivity index (χ2n) is 4.96. The van der Waals surface area contributed by atoms with E-state index in [9.17, 15) is 9.59 Å². The monoisotopic (exact) mass is 293 g/mol. The van der Waals surface area contributed by atoms with Crippen LogP contribution in [0.1, 0.15) is 28.8 Å². The highest BCUT2D eigenvalue weighted by Crippen LogP contribution is 2.19. The van der Waals surface area contributed by atoms with Gasteiger partial charge in [0.2, 0.25) is 0 Å². The van der Waals surface area contributed by atoms with E-state index in [-0.39, 0.29) is 12.0 Å². The Balaban J connectivity index is 1.89. The average Bonchev–Trinajstić information content (AvgIpc) is 2.95. The van der Waals surface area contributed by atoms with E-state index in [1.54, 1.807) is 19.2 Å². The summed E-state index contributed by atoms with van der Waals surface area (Å²) < 4.78 is 10.4. The van der Waals surface area contributed by atoms with Crippen molar-refractivity contribution in [1.82, 2.24) is 5.32 Å². The molecule has 0 radical (unpaired) electrons. The molecular formula is C15H19NO5. The van der Waals surface area contributed by atoms with Crippen molar-refractivity contribution in [2.45, 2.75) is 31.7 Å². The number of carboxylic acids is 1. The molecule has 1 saturated heterocycles. The summed E-state index contributed by atoms with van der Waals surface area (Å²) in [6.07, 6.45) is 0.116. The number of carbonyl (C=O) groups is 2. The molecule has 1 aliphatic heterocycles. The molecule has 1 aliphatic rings. The minimum Gasteiger partial charge on any atom is -0.479 e. The third-order valence-electron chi connectivity index (χ3n) is 3.44. The first-order chi connectivity index (χ1) is 10.1. The summed E-state index contributed by atoms with van der Waals surface area (Å²) in [4.78, 5) is 23.0. The maximum absolute atomic E-state index is 12.2. The predicted octanol–water partition coefficient (Wildman–Crippen LogP) is 1.20. The first-order valence-electron chi connectivity index (χ1n) is 6.85. The molecule has 1 amide bonds. The van der Waals surface area contributed by atoms with Crippen LogP contribution < -0.4 is 5.32 Å². The van der Waals surface area contributed by atoms with Gasteiger partial charge in [-0.2, -0.15) is 0 Å². The second kappa shape index (κ2) is 7.19. The van der Waals surface area contributed by atoms with E-state index in [0.29, 0.717) is 31.6 Å². The quantitative estimate of drug-likeness (QED) is 0.823. The van der Waals surface area contributed by atoms with Crippen molar-refractivity contribution in [3.8, 4) is 0 Å². The summed E-state index contributed by atoms with van der Waals surface area (Å²) in [6.45, 7) is 0.675. The highest BCUT2D eigenvalue weighted by atomic mass is 16.5. The lowest BCUT2D eigenvalue weighted by Gasteiger charge is -2.13.